The molecule has 2 heterocycles. The molecule has 0 saturated carbocycles. The lowest BCUT2D eigenvalue weighted by Crippen LogP contribution is -2.28. The second-order valence-corrected chi connectivity index (χ2v) is 7.88. The largest absolute Gasteiger partial charge is 0.494 e. The van der Waals surface area contributed by atoms with Gasteiger partial charge in [0, 0.05) is 16.6 Å². The molecule has 2 aromatic carbocycles. The first-order chi connectivity index (χ1) is 15.1. The van der Waals surface area contributed by atoms with Crippen LogP contribution in [0.2, 0.25) is 0 Å². The Kier molecular flexibility index (Phi) is 6.13. The summed E-state index contributed by atoms with van der Waals surface area (Å²) in [5.74, 6) is 0.521. The summed E-state index contributed by atoms with van der Waals surface area (Å²) in [7, 11) is 0. The van der Waals surface area contributed by atoms with E-state index in [0.29, 0.717) is 16.8 Å². The van der Waals surface area contributed by atoms with Crippen LogP contribution in [-0.2, 0) is 17.8 Å². The van der Waals surface area contributed by atoms with Crippen molar-refractivity contribution >= 4 is 33.1 Å². The van der Waals surface area contributed by atoms with Gasteiger partial charge >= 0.3 is 0 Å². The maximum absolute atomic E-state index is 13.2. The Balaban J connectivity index is 1.62. The van der Waals surface area contributed by atoms with E-state index in [0.717, 1.165) is 34.5 Å². The molecule has 4 rings (SSSR count). The number of nitrogens with zero attached hydrogens (tertiary/aromatic N) is 2. The van der Waals surface area contributed by atoms with E-state index in [4.69, 9.17) is 4.74 Å². The molecule has 0 atom stereocenters. The molecule has 0 aliphatic carbocycles. The van der Waals surface area contributed by atoms with E-state index in [2.05, 4.69) is 10.3 Å². The van der Waals surface area contributed by atoms with E-state index in [9.17, 15) is 9.59 Å². The zero-order valence-corrected chi connectivity index (χ0v) is 18.2. The van der Waals surface area contributed by atoms with Gasteiger partial charge in [-0.05, 0) is 42.7 Å². The van der Waals surface area contributed by atoms with Crippen molar-refractivity contribution in [3.8, 4) is 16.9 Å². The molecule has 158 valence electrons. The number of rotatable bonds is 7. The highest BCUT2D eigenvalue weighted by Crippen LogP contribution is 2.31. The van der Waals surface area contributed by atoms with Gasteiger partial charge in [0.2, 0.25) is 5.91 Å². The highest BCUT2D eigenvalue weighted by atomic mass is 32.1. The van der Waals surface area contributed by atoms with E-state index in [1.54, 1.807) is 0 Å². The lowest BCUT2D eigenvalue weighted by Gasteiger charge is -2.11. The van der Waals surface area contributed by atoms with Gasteiger partial charge < -0.3 is 10.1 Å². The molecule has 4 aromatic rings. The molecular weight excluding hydrogens is 410 g/mol. The third-order valence-electron chi connectivity index (χ3n) is 5.02. The minimum Gasteiger partial charge on any atom is -0.494 e. The van der Waals surface area contributed by atoms with Crippen LogP contribution in [0.5, 0.6) is 5.75 Å². The van der Waals surface area contributed by atoms with Gasteiger partial charge in [-0.2, -0.15) is 0 Å². The number of para-hydroxylation sites is 1. The number of carbonyl (C=O) groups excluding carboxylic acids is 1. The summed E-state index contributed by atoms with van der Waals surface area (Å²) in [4.78, 5) is 30.9. The van der Waals surface area contributed by atoms with Gasteiger partial charge in [-0.3, -0.25) is 14.2 Å². The van der Waals surface area contributed by atoms with Crippen LogP contribution in [0, 0.1) is 0 Å². The van der Waals surface area contributed by atoms with Crippen LogP contribution < -0.4 is 15.6 Å². The van der Waals surface area contributed by atoms with E-state index in [-0.39, 0.29) is 18.0 Å². The van der Waals surface area contributed by atoms with Crippen molar-refractivity contribution in [2.75, 3.05) is 11.9 Å². The molecule has 6 nitrogen and oxygen atoms in total. The number of anilines is 1. The fourth-order valence-corrected chi connectivity index (χ4v) is 4.39. The van der Waals surface area contributed by atoms with E-state index < -0.39 is 0 Å². The summed E-state index contributed by atoms with van der Waals surface area (Å²) in [6.07, 6.45) is 2.25. The van der Waals surface area contributed by atoms with E-state index in [1.165, 1.54) is 22.2 Å². The Morgan fingerprint density at radius 2 is 1.90 bits per heavy atom. The highest BCUT2D eigenvalue weighted by Gasteiger charge is 2.15. The van der Waals surface area contributed by atoms with Gasteiger partial charge in [0.25, 0.3) is 5.56 Å². The number of benzene rings is 2. The maximum Gasteiger partial charge on any atom is 0.263 e. The number of fused-ring (bicyclic) bond motifs is 1. The number of aromatic nitrogens is 2. The van der Waals surface area contributed by atoms with Crippen LogP contribution in [0.1, 0.15) is 19.4 Å². The summed E-state index contributed by atoms with van der Waals surface area (Å²) in [6.45, 7) is 4.47. The van der Waals surface area contributed by atoms with Crippen molar-refractivity contribution in [3.63, 3.8) is 0 Å². The van der Waals surface area contributed by atoms with Crippen molar-refractivity contribution in [2.45, 2.75) is 26.8 Å². The van der Waals surface area contributed by atoms with Crippen LogP contribution in [0.3, 0.4) is 0 Å². The molecule has 0 bridgehead atoms. The Labute approximate surface area is 184 Å². The summed E-state index contributed by atoms with van der Waals surface area (Å²) in [5.41, 5.74) is 3.31. The first-order valence-electron chi connectivity index (χ1n) is 10.2. The summed E-state index contributed by atoms with van der Waals surface area (Å²) in [6, 6.07) is 15.3. The highest BCUT2D eigenvalue weighted by molar-refractivity contribution is 7.17. The molecule has 0 spiro atoms. The van der Waals surface area contributed by atoms with Crippen LogP contribution in [0.15, 0.2) is 65.0 Å². The molecule has 2 aromatic heterocycles. The number of aryl methyl sites for hydroxylation is 1. The van der Waals surface area contributed by atoms with Crippen LogP contribution >= 0.6 is 11.3 Å². The fraction of sp³-hybridized carbons (Fsp3) is 0.208. The SMILES string of the molecule is CCOc1ccc(-c2csc3ncn(CC(=O)Nc4ccccc4CC)c(=O)c23)cc1. The van der Waals surface area contributed by atoms with Crippen molar-refractivity contribution in [1.82, 2.24) is 9.55 Å². The zero-order chi connectivity index (χ0) is 21.8. The number of hydrogen-bond acceptors (Lipinski definition) is 5. The molecule has 0 radical (unpaired) electrons. The number of carbonyl (C=O) groups is 1. The van der Waals surface area contributed by atoms with Gasteiger partial charge in [0.1, 0.15) is 17.1 Å². The van der Waals surface area contributed by atoms with Gasteiger partial charge in [-0.25, -0.2) is 4.98 Å². The minimum atomic E-state index is -0.262. The van der Waals surface area contributed by atoms with Gasteiger partial charge in [-0.15, -0.1) is 11.3 Å². The average Bonchev–Trinajstić information content (AvgIpc) is 3.22. The van der Waals surface area contributed by atoms with E-state index >= 15 is 0 Å². The molecular formula is C24H23N3O3S. The van der Waals surface area contributed by atoms with Crippen LogP contribution in [0.4, 0.5) is 5.69 Å². The fourth-order valence-electron chi connectivity index (χ4n) is 3.49. The second kappa shape index (κ2) is 9.14. The molecule has 0 saturated heterocycles. The van der Waals surface area contributed by atoms with Crippen molar-refractivity contribution < 1.29 is 9.53 Å². The van der Waals surface area contributed by atoms with Crippen LogP contribution in [0.25, 0.3) is 21.3 Å². The Morgan fingerprint density at radius 3 is 2.65 bits per heavy atom. The van der Waals surface area contributed by atoms with Crippen LogP contribution in [-0.4, -0.2) is 22.1 Å². The summed E-state index contributed by atoms with van der Waals surface area (Å²) < 4.78 is 6.86. The lowest BCUT2D eigenvalue weighted by molar-refractivity contribution is -0.116. The Bertz CT molecular complexity index is 1280. The minimum absolute atomic E-state index is 0.0988. The Hall–Kier alpha value is -3.45. The molecule has 1 amide bonds. The lowest BCUT2D eigenvalue weighted by atomic mass is 10.1. The number of nitrogens with one attached hydrogen (secondary N) is 1. The number of thiophene rings is 1. The monoisotopic (exact) mass is 433 g/mol. The summed E-state index contributed by atoms with van der Waals surface area (Å²) >= 11 is 1.42. The third-order valence-corrected chi connectivity index (χ3v) is 5.91. The van der Waals surface area contributed by atoms with Gasteiger partial charge in [-0.1, -0.05) is 37.3 Å². The zero-order valence-electron chi connectivity index (χ0n) is 17.4. The maximum atomic E-state index is 13.2. The summed E-state index contributed by atoms with van der Waals surface area (Å²) in [5, 5.41) is 5.36. The second-order valence-electron chi connectivity index (χ2n) is 7.02. The molecule has 0 unspecified atom stereocenters. The van der Waals surface area contributed by atoms with Gasteiger partial charge in [0.05, 0.1) is 18.3 Å². The normalized spacial score (nSPS) is 10.9. The smallest absolute Gasteiger partial charge is 0.263 e. The third kappa shape index (κ3) is 4.36. The number of hydrogen-bond donors (Lipinski definition) is 1. The van der Waals surface area contributed by atoms with Crippen molar-refractivity contribution in [2.24, 2.45) is 0 Å². The van der Waals surface area contributed by atoms with Crippen molar-refractivity contribution in [3.05, 3.63) is 76.2 Å². The van der Waals surface area contributed by atoms with Gasteiger partial charge in [0.15, 0.2) is 0 Å². The first-order valence-corrected chi connectivity index (χ1v) is 11.1. The topological polar surface area (TPSA) is 73.2 Å². The quantitative estimate of drug-likeness (QED) is 0.458. The predicted octanol–water partition coefficient (Wildman–Crippen LogP) is 4.72. The predicted molar refractivity (Wildman–Crippen MR) is 125 cm³/mol. The van der Waals surface area contributed by atoms with Crippen molar-refractivity contribution in [1.29, 1.82) is 0 Å². The first kappa shape index (κ1) is 20.8. The molecule has 7 heteroatoms. The number of amides is 1. The standard InChI is InChI=1S/C24H23N3O3S/c1-3-16-7-5-6-8-20(16)26-21(28)13-27-15-25-23-22(24(27)29)19(14-31-23)17-9-11-18(12-10-17)30-4-2/h5-12,14-15H,3-4,13H2,1-2H3,(H,26,28). The number of ether oxygens (including phenoxy) is 1. The molecule has 1 N–H and O–H groups in total. The average molecular weight is 434 g/mol. The Morgan fingerprint density at radius 1 is 1.13 bits per heavy atom. The molecule has 0 fully saturated rings. The molecule has 0 aliphatic rings. The molecule has 0 aliphatic heterocycles. The van der Waals surface area contributed by atoms with E-state index in [1.807, 2.05) is 67.8 Å². The molecule has 31 heavy (non-hydrogen) atoms.